The van der Waals surface area contributed by atoms with Gasteiger partial charge in [-0.1, -0.05) is 134 Å². The van der Waals surface area contributed by atoms with Crippen molar-refractivity contribution in [2.75, 3.05) is 0 Å². The van der Waals surface area contributed by atoms with E-state index in [9.17, 15) is 5.11 Å². The lowest BCUT2D eigenvalue weighted by Gasteiger charge is -2.13. The number of hydrogen-bond acceptors (Lipinski definition) is 1. The molecule has 7 rings (SSSR count). The maximum absolute atomic E-state index is 9.69. The summed E-state index contributed by atoms with van der Waals surface area (Å²) >= 11 is 0. The van der Waals surface area contributed by atoms with Crippen molar-refractivity contribution in [1.29, 1.82) is 0 Å². The summed E-state index contributed by atoms with van der Waals surface area (Å²) in [6.07, 6.45) is 3.37. The molecule has 0 aromatic heterocycles. The SMILES string of the molecule is C=C/C(=C\C(=C)O)c1cccc(-c2cccc(-c3cccc(-c4ccc5c6ccccc6c6ccccc6c5c4)c3)c2)c1. The van der Waals surface area contributed by atoms with Crippen molar-refractivity contribution >= 4 is 37.9 Å². The van der Waals surface area contributed by atoms with Crippen molar-refractivity contribution in [2.45, 2.75) is 0 Å². The summed E-state index contributed by atoms with van der Waals surface area (Å²) in [4.78, 5) is 0. The number of hydrogen-bond donors (Lipinski definition) is 1. The molecule has 7 aromatic rings. The van der Waals surface area contributed by atoms with Crippen molar-refractivity contribution in [3.8, 4) is 33.4 Å². The third kappa shape index (κ3) is 4.92. The van der Waals surface area contributed by atoms with Gasteiger partial charge in [-0.05, 0) is 107 Å². The van der Waals surface area contributed by atoms with Gasteiger partial charge in [0.15, 0.2) is 0 Å². The first-order valence-electron chi connectivity index (χ1n) is 14.5. The van der Waals surface area contributed by atoms with Crippen molar-refractivity contribution in [3.05, 3.63) is 176 Å². The van der Waals surface area contributed by atoms with Crippen molar-refractivity contribution in [1.82, 2.24) is 0 Å². The van der Waals surface area contributed by atoms with Crippen LogP contribution in [0.5, 0.6) is 0 Å². The molecular weight excluding hydrogens is 520 g/mol. The van der Waals surface area contributed by atoms with Gasteiger partial charge in [0.05, 0.1) is 0 Å². The van der Waals surface area contributed by atoms with Gasteiger partial charge in [0.2, 0.25) is 0 Å². The predicted octanol–water partition coefficient (Wildman–Crippen LogP) is 11.8. The highest BCUT2D eigenvalue weighted by Gasteiger charge is 2.11. The molecule has 0 radical (unpaired) electrons. The second-order valence-corrected chi connectivity index (χ2v) is 10.9. The molecule has 204 valence electrons. The molecule has 0 unspecified atom stereocenters. The molecular formula is C42H30O. The smallest absolute Gasteiger partial charge is 0.109 e. The summed E-state index contributed by atoms with van der Waals surface area (Å²) in [6, 6.07) is 50.0. The van der Waals surface area contributed by atoms with Crippen molar-refractivity contribution in [2.24, 2.45) is 0 Å². The van der Waals surface area contributed by atoms with Gasteiger partial charge in [0.25, 0.3) is 0 Å². The highest BCUT2D eigenvalue weighted by Crippen LogP contribution is 2.38. The highest BCUT2D eigenvalue weighted by molar-refractivity contribution is 6.25. The van der Waals surface area contributed by atoms with Crippen LogP contribution in [0.2, 0.25) is 0 Å². The van der Waals surface area contributed by atoms with E-state index < -0.39 is 0 Å². The Hall–Kier alpha value is -5.66. The predicted molar refractivity (Wildman–Crippen MR) is 185 cm³/mol. The molecule has 0 bridgehead atoms. The fraction of sp³-hybridized carbons (Fsp3) is 0. The summed E-state index contributed by atoms with van der Waals surface area (Å²) in [7, 11) is 0. The number of rotatable bonds is 6. The molecule has 1 heteroatoms. The normalized spacial score (nSPS) is 11.7. The zero-order valence-electron chi connectivity index (χ0n) is 23.8. The minimum atomic E-state index is 0.00938. The molecule has 0 saturated carbocycles. The van der Waals surface area contributed by atoms with Gasteiger partial charge in [0, 0.05) is 0 Å². The summed E-state index contributed by atoms with van der Waals surface area (Å²) in [5, 5.41) is 17.4. The first-order valence-corrected chi connectivity index (χ1v) is 14.5. The Morgan fingerprint density at radius 2 is 0.860 bits per heavy atom. The number of benzene rings is 7. The summed E-state index contributed by atoms with van der Waals surface area (Å²) in [5.41, 5.74) is 8.75. The fourth-order valence-corrected chi connectivity index (χ4v) is 6.16. The van der Waals surface area contributed by atoms with Gasteiger partial charge in [-0.25, -0.2) is 0 Å². The molecule has 7 aromatic carbocycles. The molecule has 0 aliphatic rings. The average Bonchev–Trinajstić information content (AvgIpc) is 3.07. The Balaban J connectivity index is 1.29. The van der Waals surface area contributed by atoms with Gasteiger partial charge >= 0.3 is 0 Å². The Labute approximate surface area is 252 Å². The van der Waals surface area contributed by atoms with Crippen molar-refractivity contribution < 1.29 is 5.11 Å². The largest absolute Gasteiger partial charge is 0.509 e. The van der Waals surface area contributed by atoms with E-state index in [0.29, 0.717) is 0 Å². The molecule has 0 saturated heterocycles. The topological polar surface area (TPSA) is 20.2 Å². The molecule has 0 aliphatic heterocycles. The van der Waals surface area contributed by atoms with Crippen LogP contribution in [0.4, 0.5) is 0 Å². The third-order valence-electron chi connectivity index (χ3n) is 8.21. The van der Waals surface area contributed by atoms with Gasteiger partial charge in [-0.15, -0.1) is 0 Å². The number of aliphatic hydroxyl groups is 1. The molecule has 0 amide bonds. The maximum Gasteiger partial charge on any atom is 0.109 e. The molecule has 1 nitrogen and oxygen atoms in total. The molecule has 0 fully saturated rings. The summed E-state index contributed by atoms with van der Waals surface area (Å²) in [6.45, 7) is 7.50. The van der Waals surface area contributed by atoms with Crippen LogP contribution in [0.25, 0.3) is 71.3 Å². The lowest BCUT2D eigenvalue weighted by molar-refractivity contribution is 0.435. The van der Waals surface area contributed by atoms with Crippen LogP contribution in [-0.2, 0) is 0 Å². The number of aliphatic hydroxyl groups excluding tert-OH is 1. The summed E-state index contributed by atoms with van der Waals surface area (Å²) < 4.78 is 0. The molecule has 0 spiro atoms. The first kappa shape index (κ1) is 26.3. The molecule has 1 N–H and O–H groups in total. The van der Waals surface area contributed by atoms with Gasteiger partial charge in [0.1, 0.15) is 5.76 Å². The van der Waals surface area contributed by atoms with E-state index in [2.05, 4.69) is 141 Å². The molecule has 0 heterocycles. The minimum absolute atomic E-state index is 0.00938. The van der Waals surface area contributed by atoms with Crippen LogP contribution in [0.1, 0.15) is 5.56 Å². The van der Waals surface area contributed by atoms with Crippen LogP contribution in [0, 0.1) is 0 Å². The van der Waals surface area contributed by atoms with E-state index in [1.54, 1.807) is 12.2 Å². The second-order valence-electron chi connectivity index (χ2n) is 10.9. The highest BCUT2D eigenvalue weighted by atomic mass is 16.3. The van der Waals surface area contributed by atoms with Gasteiger partial charge in [-0.3, -0.25) is 0 Å². The molecule has 43 heavy (non-hydrogen) atoms. The fourth-order valence-electron chi connectivity index (χ4n) is 6.16. The van der Waals surface area contributed by atoms with Gasteiger partial charge < -0.3 is 5.11 Å². The molecule has 0 atom stereocenters. The van der Waals surface area contributed by atoms with Crippen LogP contribution in [-0.4, -0.2) is 5.11 Å². The Kier molecular flexibility index (Phi) is 6.69. The van der Waals surface area contributed by atoms with E-state index >= 15 is 0 Å². The van der Waals surface area contributed by atoms with Crippen LogP contribution in [0.15, 0.2) is 171 Å². The Morgan fingerprint density at radius 1 is 0.442 bits per heavy atom. The lowest BCUT2D eigenvalue weighted by atomic mass is 9.91. The molecule has 0 aliphatic carbocycles. The van der Waals surface area contributed by atoms with E-state index in [4.69, 9.17) is 0 Å². The third-order valence-corrected chi connectivity index (χ3v) is 8.21. The zero-order valence-corrected chi connectivity index (χ0v) is 23.8. The summed E-state index contributed by atoms with van der Waals surface area (Å²) in [5.74, 6) is 0.00938. The van der Waals surface area contributed by atoms with E-state index in [1.807, 2.05) is 12.1 Å². The Bertz CT molecular complexity index is 2200. The zero-order chi connectivity index (χ0) is 29.3. The monoisotopic (exact) mass is 550 g/mol. The minimum Gasteiger partial charge on any atom is -0.509 e. The number of allylic oxidation sites excluding steroid dienone is 3. The van der Waals surface area contributed by atoms with E-state index in [1.165, 1.54) is 49.0 Å². The lowest BCUT2D eigenvalue weighted by Crippen LogP contribution is -1.87. The quantitative estimate of drug-likeness (QED) is 0.124. The first-order chi connectivity index (χ1) is 21.1. The van der Waals surface area contributed by atoms with Crippen LogP contribution in [0.3, 0.4) is 0 Å². The second kappa shape index (κ2) is 11.0. The van der Waals surface area contributed by atoms with Crippen LogP contribution >= 0.6 is 0 Å². The van der Waals surface area contributed by atoms with Crippen LogP contribution < -0.4 is 0 Å². The van der Waals surface area contributed by atoms with E-state index in [-0.39, 0.29) is 5.76 Å². The van der Waals surface area contributed by atoms with Crippen molar-refractivity contribution in [3.63, 3.8) is 0 Å². The average molecular weight is 551 g/mol. The maximum atomic E-state index is 9.69. The standard InChI is InChI=1S/C42H30O/c1-3-29(23-28(2)43)30-11-8-12-31(24-30)32-13-9-14-33(25-32)34-15-10-16-35(26-34)36-21-22-41-39-19-5-4-17-37(39)38-18-6-7-20-40(38)42(41)27-36/h3-27,43H,1-2H2/b29-23+. The van der Waals surface area contributed by atoms with Gasteiger partial charge in [-0.2, -0.15) is 0 Å². The van der Waals surface area contributed by atoms with E-state index in [0.717, 1.165) is 27.8 Å². The number of fused-ring (bicyclic) bond motifs is 6. The Morgan fingerprint density at radius 3 is 1.35 bits per heavy atom.